The molecule has 1 fully saturated rings. The van der Waals surface area contributed by atoms with Crippen LogP contribution in [0.25, 0.3) is 0 Å². The number of hydrogen-bond donors (Lipinski definition) is 2. The molecule has 114 valence electrons. The van der Waals surface area contributed by atoms with Crippen LogP contribution in [-0.2, 0) is 16.0 Å². The molecule has 2 unspecified atom stereocenters. The Bertz CT molecular complexity index is 527. The number of rotatable bonds is 6. The Morgan fingerprint density at radius 1 is 1.38 bits per heavy atom. The van der Waals surface area contributed by atoms with Gasteiger partial charge in [-0.15, -0.1) is 0 Å². The standard InChI is InChI=1S/C17H24N2O2/c1-19-17(16(18)20,13-9-10-13)11-21-15-8-4-6-12-5-2-3-7-14(12)15/h2-3,5,7,13,15,19H,4,6,8-11H2,1H3,(H2,18,20). The number of benzene rings is 1. The van der Waals surface area contributed by atoms with Gasteiger partial charge < -0.3 is 15.8 Å². The van der Waals surface area contributed by atoms with Crippen molar-refractivity contribution in [3.8, 4) is 0 Å². The van der Waals surface area contributed by atoms with E-state index in [9.17, 15) is 4.79 Å². The Morgan fingerprint density at radius 3 is 2.81 bits per heavy atom. The van der Waals surface area contributed by atoms with Crippen LogP contribution in [0.3, 0.4) is 0 Å². The van der Waals surface area contributed by atoms with Crippen LogP contribution in [0.15, 0.2) is 24.3 Å². The first-order valence-corrected chi connectivity index (χ1v) is 7.85. The second-order valence-corrected chi connectivity index (χ2v) is 6.25. The van der Waals surface area contributed by atoms with Crippen LogP contribution >= 0.6 is 0 Å². The number of fused-ring (bicyclic) bond motifs is 1. The molecular formula is C17H24N2O2. The molecule has 1 aromatic carbocycles. The number of nitrogens with one attached hydrogen (secondary N) is 1. The predicted octanol–water partition coefficient (Wildman–Crippen LogP) is 1.93. The van der Waals surface area contributed by atoms with Gasteiger partial charge in [0, 0.05) is 0 Å². The maximum Gasteiger partial charge on any atom is 0.240 e. The summed E-state index contributed by atoms with van der Waals surface area (Å²) in [6, 6.07) is 8.44. The topological polar surface area (TPSA) is 64.3 Å². The van der Waals surface area contributed by atoms with Gasteiger partial charge in [-0.2, -0.15) is 0 Å². The molecule has 4 heteroatoms. The van der Waals surface area contributed by atoms with Crippen molar-refractivity contribution in [1.82, 2.24) is 5.32 Å². The number of hydrogen-bond acceptors (Lipinski definition) is 3. The van der Waals surface area contributed by atoms with E-state index in [1.807, 2.05) is 0 Å². The minimum Gasteiger partial charge on any atom is -0.371 e. The fourth-order valence-electron chi connectivity index (χ4n) is 3.48. The first-order chi connectivity index (χ1) is 10.2. The van der Waals surface area contributed by atoms with Crippen LogP contribution in [0, 0.1) is 5.92 Å². The van der Waals surface area contributed by atoms with Gasteiger partial charge in [-0.05, 0) is 56.2 Å². The highest BCUT2D eigenvalue weighted by Gasteiger charge is 2.49. The summed E-state index contributed by atoms with van der Waals surface area (Å²) >= 11 is 0. The molecule has 2 aliphatic carbocycles. The van der Waals surface area contributed by atoms with Gasteiger partial charge in [0.2, 0.25) is 5.91 Å². The third-order valence-corrected chi connectivity index (χ3v) is 4.99. The molecule has 2 aliphatic rings. The molecular weight excluding hydrogens is 264 g/mol. The fraction of sp³-hybridized carbons (Fsp3) is 0.588. The summed E-state index contributed by atoms with van der Waals surface area (Å²) in [5.41, 5.74) is 7.59. The first kappa shape index (κ1) is 14.5. The summed E-state index contributed by atoms with van der Waals surface area (Å²) in [4.78, 5) is 11.9. The Balaban J connectivity index is 1.74. The minimum atomic E-state index is -0.702. The lowest BCUT2D eigenvalue weighted by atomic mass is 9.88. The molecule has 1 aromatic rings. The highest BCUT2D eigenvalue weighted by atomic mass is 16.5. The van der Waals surface area contributed by atoms with E-state index >= 15 is 0 Å². The second-order valence-electron chi connectivity index (χ2n) is 6.25. The van der Waals surface area contributed by atoms with Crippen molar-refractivity contribution in [3.63, 3.8) is 0 Å². The number of primary amides is 1. The maximum absolute atomic E-state index is 11.9. The van der Waals surface area contributed by atoms with Gasteiger partial charge in [0.25, 0.3) is 0 Å². The van der Waals surface area contributed by atoms with Crippen LogP contribution in [0.5, 0.6) is 0 Å². The SMILES string of the molecule is CNC(COC1CCCc2ccccc21)(C(N)=O)C1CC1. The van der Waals surface area contributed by atoms with Crippen LogP contribution in [0.2, 0.25) is 0 Å². The molecule has 0 aliphatic heterocycles. The highest BCUT2D eigenvalue weighted by molar-refractivity contribution is 5.85. The number of likely N-dealkylation sites (N-methyl/N-ethyl adjacent to an activating group) is 1. The third-order valence-electron chi connectivity index (χ3n) is 4.99. The third kappa shape index (κ3) is 2.70. The zero-order valence-corrected chi connectivity index (χ0v) is 12.6. The number of carbonyl (C=O) groups excluding carboxylic acids is 1. The van der Waals surface area contributed by atoms with Crippen LogP contribution in [0.4, 0.5) is 0 Å². The average molecular weight is 288 g/mol. The molecule has 3 rings (SSSR count). The molecule has 4 nitrogen and oxygen atoms in total. The number of amides is 1. The molecule has 2 atom stereocenters. The van der Waals surface area contributed by atoms with Gasteiger partial charge >= 0.3 is 0 Å². The van der Waals surface area contributed by atoms with Crippen molar-refractivity contribution in [1.29, 1.82) is 0 Å². The van der Waals surface area contributed by atoms with E-state index in [0.717, 1.165) is 32.1 Å². The molecule has 0 saturated heterocycles. The van der Waals surface area contributed by atoms with E-state index in [1.54, 1.807) is 7.05 Å². The van der Waals surface area contributed by atoms with Crippen molar-refractivity contribution >= 4 is 5.91 Å². The lowest BCUT2D eigenvalue weighted by molar-refractivity contribution is -0.129. The quantitative estimate of drug-likeness (QED) is 0.840. The molecule has 21 heavy (non-hydrogen) atoms. The maximum atomic E-state index is 11.9. The second kappa shape index (κ2) is 5.78. The van der Waals surface area contributed by atoms with E-state index in [-0.39, 0.29) is 12.0 Å². The van der Waals surface area contributed by atoms with E-state index < -0.39 is 5.54 Å². The molecule has 1 saturated carbocycles. The lowest BCUT2D eigenvalue weighted by Crippen LogP contribution is -2.59. The van der Waals surface area contributed by atoms with Crippen LogP contribution in [-0.4, -0.2) is 25.1 Å². The van der Waals surface area contributed by atoms with Gasteiger partial charge in [0.15, 0.2) is 0 Å². The van der Waals surface area contributed by atoms with Crippen molar-refractivity contribution in [2.45, 2.75) is 43.7 Å². The van der Waals surface area contributed by atoms with Gasteiger partial charge in [-0.1, -0.05) is 24.3 Å². The number of carbonyl (C=O) groups is 1. The Hall–Kier alpha value is -1.39. The van der Waals surface area contributed by atoms with Crippen LogP contribution < -0.4 is 11.1 Å². The monoisotopic (exact) mass is 288 g/mol. The summed E-state index contributed by atoms with van der Waals surface area (Å²) in [7, 11) is 1.81. The van der Waals surface area contributed by atoms with Gasteiger partial charge in [-0.3, -0.25) is 4.79 Å². The summed E-state index contributed by atoms with van der Waals surface area (Å²) < 4.78 is 6.17. The summed E-state index contributed by atoms with van der Waals surface area (Å²) in [6.07, 6.45) is 5.45. The summed E-state index contributed by atoms with van der Waals surface area (Å²) in [5.74, 6) is 0.0235. The van der Waals surface area contributed by atoms with E-state index in [4.69, 9.17) is 10.5 Å². The fourth-order valence-corrected chi connectivity index (χ4v) is 3.48. The van der Waals surface area contributed by atoms with Crippen molar-refractivity contribution in [3.05, 3.63) is 35.4 Å². The summed E-state index contributed by atoms with van der Waals surface area (Å²) in [6.45, 7) is 0.364. The van der Waals surface area contributed by atoms with Gasteiger partial charge in [0.05, 0.1) is 12.7 Å². The van der Waals surface area contributed by atoms with Crippen molar-refractivity contribution in [2.24, 2.45) is 11.7 Å². The molecule has 0 bridgehead atoms. The van der Waals surface area contributed by atoms with Crippen molar-refractivity contribution in [2.75, 3.05) is 13.7 Å². The largest absolute Gasteiger partial charge is 0.371 e. The van der Waals surface area contributed by atoms with Gasteiger partial charge in [0.1, 0.15) is 5.54 Å². The Kier molecular flexibility index (Phi) is 4.00. The van der Waals surface area contributed by atoms with E-state index in [1.165, 1.54) is 11.1 Å². The number of nitrogens with two attached hydrogens (primary N) is 1. The Morgan fingerprint density at radius 2 is 2.14 bits per heavy atom. The molecule has 0 heterocycles. The molecule has 1 amide bonds. The summed E-state index contributed by atoms with van der Waals surface area (Å²) in [5, 5.41) is 3.14. The van der Waals surface area contributed by atoms with Gasteiger partial charge in [-0.25, -0.2) is 0 Å². The average Bonchev–Trinajstić information content (AvgIpc) is 3.33. The lowest BCUT2D eigenvalue weighted by Gasteiger charge is -2.33. The molecule has 0 radical (unpaired) electrons. The molecule has 0 spiro atoms. The first-order valence-electron chi connectivity index (χ1n) is 7.85. The van der Waals surface area contributed by atoms with Crippen LogP contribution in [0.1, 0.15) is 42.9 Å². The number of aryl methyl sites for hydroxylation is 1. The molecule has 0 aromatic heterocycles. The van der Waals surface area contributed by atoms with E-state index in [0.29, 0.717) is 12.5 Å². The smallest absolute Gasteiger partial charge is 0.240 e. The zero-order valence-electron chi connectivity index (χ0n) is 12.6. The predicted molar refractivity (Wildman–Crippen MR) is 81.8 cm³/mol. The van der Waals surface area contributed by atoms with Crippen molar-refractivity contribution < 1.29 is 9.53 Å². The normalized spacial score (nSPS) is 24.1. The van der Waals surface area contributed by atoms with E-state index in [2.05, 4.69) is 29.6 Å². The molecule has 3 N–H and O–H groups in total. The minimum absolute atomic E-state index is 0.0841. The Labute approximate surface area is 126 Å². The number of ether oxygens (including phenoxy) is 1. The zero-order chi connectivity index (χ0) is 14.9. The highest BCUT2D eigenvalue weighted by Crippen LogP contribution is 2.41.